The van der Waals surface area contributed by atoms with Crippen LogP contribution in [0.4, 0.5) is 0 Å². The van der Waals surface area contributed by atoms with E-state index in [4.69, 9.17) is 0 Å². The van der Waals surface area contributed by atoms with Gasteiger partial charge in [-0.2, -0.15) is 0 Å². The lowest BCUT2D eigenvalue weighted by Crippen LogP contribution is -2.46. The third kappa shape index (κ3) is 4.42. The molecule has 1 rings (SSSR count). The maximum Gasteiger partial charge on any atom is 0.00916 e. The molecule has 0 amide bonds. The lowest BCUT2D eigenvalue weighted by molar-refractivity contribution is 0.154. The van der Waals surface area contributed by atoms with Crippen LogP contribution in [-0.4, -0.2) is 36.6 Å². The van der Waals surface area contributed by atoms with E-state index in [2.05, 4.69) is 44.8 Å². The van der Waals surface area contributed by atoms with Crippen molar-refractivity contribution in [2.75, 3.05) is 19.6 Å². The quantitative estimate of drug-likeness (QED) is 0.775. The summed E-state index contributed by atoms with van der Waals surface area (Å²) in [6.07, 6.45) is 3.89. The van der Waals surface area contributed by atoms with Gasteiger partial charge in [0, 0.05) is 18.6 Å². The largest absolute Gasteiger partial charge is 0.313 e. The van der Waals surface area contributed by atoms with Gasteiger partial charge in [0.05, 0.1) is 0 Å². The molecule has 0 saturated carbocycles. The fourth-order valence-electron chi connectivity index (χ4n) is 2.17. The highest BCUT2D eigenvalue weighted by Crippen LogP contribution is 2.19. The molecule has 1 saturated heterocycles. The molecule has 0 atom stereocenters. The van der Waals surface area contributed by atoms with Gasteiger partial charge in [0.15, 0.2) is 0 Å². The predicted molar refractivity (Wildman–Crippen MR) is 71.8 cm³/mol. The average Bonchev–Trinajstić information content (AvgIpc) is 2.27. The average molecular weight is 226 g/mol. The number of nitrogens with zero attached hydrogens (tertiary/aromatic N) is 1. The lowest BCUT2D eigenvalue weighted by atomic mass is 9.89. The molecule has 0 aliphatic carbocycles. The third-order valence-corrected chi connectivity index (χ3v) is 4.09. The van der Waals surface area contributed by atoms with E-state index in [9.17, 15) is 0 Å². The molecule has 96 valence electrons. The van der Waals surface area contributed by atoms with Crippen LogP contribution in [-0.2, 0) is 0 Å². The van der Waals surface area contributed by atoms with E-state index in [0.717, 1.165) is 12.6 Å². The summed E-state index contributed by atoms with van der Waals surface area (Å²) >= 11 is 0. The molecule has 0 spiro atoms. The van der Waals surface area contributed by atoms with Crippen molar-refractivity contribution in [3.05, 3.63) is 0 Å². The summed E-state index contributed by atoms with van der Waals surface area (Å²) in [5.74, 6) is 0. The van der Waals surface area contributed by atoms with Gasteiger partial charge in [0.1, 0.15) is 0 Å². The minimum absolute atomic E-state index is 0.454. The summed E-state index contributed by atoms with van der Waals surface area (Å²) in [5.41, 5.74) is 0.454. The molecule has 0 aromatic carbocycles. The van der Waals surface area contributed by atoms with Gasteiger partial charge < -0.3 is 10.2 Å². The standard InChI is InChI=1S/C14H30N2/c1-6-14(4,5)11-15-13-7-9-16(10-8-13)12(2)3/h12-13,15H,6-11H2,1-5H3. The topological polar surface area (TPSA) is 15.3 Å². The third-order valence-electron chi connectivity index (χ3n) is 4.09. The molecule has 1 aliphatic rings. The Labute approximate surface area is 102 Å². The smallest absolute Gasteiger partial charge is 0.00916 e. The molecule has 1 fully saturated rings. The van der Waals surface area contributed by atoms with Crippen molar-refractivity contribution >= 4 is 0 Å². The molecule has 1 N–H and O–H groups in total. The molecule has 2 heteroatoms. The molecular weight excluding hydrogens is 196 g/mol. The van der Waals surface area contributed by atoms with Crippen LogP contribution < -0.4 is 5.32 Å². The van der Waals surface area contributed by atoms with E-state index < -0.39 is 0 Å². The zero-order chi connectivity index (χ0) is 12.2. The Hall–Kier alpha value is -0.0800. The van der Waals surface area contributed by atoms with Crippen LogP contribution >= 0.6 is 0 Å². The van der Waals surface area contributed by atoms with Gasteiger partial charge in [-0.1, -0.05) is 20.8 Å². The first-order valence-corrected chi connectivity index (χ1v) is 6.92. The van der Waals surface area contributed by atoms with Crippen LogP contribution in [0.25, 0.3) is 0 Å². The minimum Gasteiger partial charge on any atom is -0.313 e. The molecule has 0 aromatic heterocycles. The van der Waals surface area contributed by atoms with Gasteiger partial charge in [-0.15, -0.1) is 0 Å². The fraction of sp³-hybridized carbons (Fsp3) is 1.00. The van der Waals surface area contributed by atoms with Crippen molar-refractivity contribution in [3.63, 3.8) is 0 Å². The zero-order valence-electron chi connectivity index (χ0n) is 11.8. The van der Waals surface area contributed by atoms with Gasteiger partial charge in [0.25, 0.3) is 0 Å². The fourth-order valence-corrected chi connectivity index (χ4v) is 2.17. The van der Waals surface area contributed by atoms with E-state index in [0.29, 0.717) is 11.5 Å². The highest BCUT2D eigenvalue weighted by molar-refractivity contribution is 4.81. The van der Waals surface area contributed by atoms with E-state index in [-0.39, 0.29) is 0 Å². The zero-order valence-corrected chi connectivity index (χ0v) is 11.8. The van der Waals surface area contributed by atoms with Crippen LogP contribution in [0, 0.1) is 5.41 Å². The van der Waals surface area contributed by atoms with Crippen molar-refractivity contribution in [2.45, 2.75) is 66.0 Å². The van der Waals surface area contributed by atoms with E-state index in [1.54, 1.807) is 0 Å². The van der Waals surface area contributed by atoms with Gasteiger partial charge in [-0.05, 0) is 51.6 Å². The minimum atomic E-state index is 0.454. The number of nitrogens with one attached hydrogen (secondary N) is 1. The number of hydrogen-bond donors (Lipinski definition) is 1. The summed E-state index contributed by atoms with van der Waals surface area (Å²) < 4.78 is 0. The summed E-state index contributed by atoms with van der Waals surface area (Å²) in [4.78, 5) is 2.59. The number of hydrogen-bond acceptors (Lipinski definition) is 2. The first kappa shape index (κ1) is 14.0. The second-order valence-corrected chi connectivity index (χ2v) is 6.30. The van der Waals surface area contributed by atoms with Crippen LogP contribution in [0.5, 0.6) is 0 Å². The first-order valence-electron chi connectivity index (χ1n) is 6.92. The predicted octanol–water partition coefficient (Wildman–Crippen LogP) is 2.89. The molecule has 1 aliphatic heterocycles. The normalized spacial score (nSPS) is 20.6. The maximum atomic E-state index is 3.75. The van der Waals surface area contributed by atoms with E-state index >= 15 is 0 Å². The van der Waals surface area contributed by atoms with E-state index in [1.807, 2.05) is 0 Å². The monoisotopic (exact) mass is 226 g/mol. The number of rotatable bonds is 5. The summed E-state index contributed by atoms with van der Waals surface area (Å²) in [5, 5.41) is 3.75. The lowest BCUT2D eigenvalue weighted by Gasteiger charge is -2.36. The van der Waals surface area contributed by atoms with Crippen molar-refractivity contribution in [1.82, 2.24) is 10.2 Å². The Bertz CT molecular complexity index is 191. The Morgan fingerprint density at radius 2 is 1.81 bits per heavy atom. The van der Waals surface area contributed by atoms with Crippen molar-refractivity contribution in [2.24, 2.45) is 5.41 Å². The van der Waals surface area contributed by atoms with Crippen molar-refractivity contribution in [3.8, 4) is 0 Å². The summed E-state index contributed by atoms with van der Waals surface area (Å²) in [6, 6.07) is 1.47. The summed E-state index contributed by atoms with van der Waals surface area (Å²) in [6.45, 7) is 15.3. The van der Waals surface area contributed by atoms with Gasteiger partial charge >= 0.3 is 0 Å². The van der Waals surface area contributed by atoms with Crippen LogP contribution in [0.2, 0.25) is 0 Å². The van der Waals surface area contributed by atoms with Gasteiger partial charge in [-0.3, -0.25) is 0 Å². The highest BCUT2D eigenvalue weighted by Gasteiger charge is 2.22. The maximum absolute atomic E-state index is 3.75. The number of likely N-dealkylation sites (tertiary alicyclic amines) is 1. The van der Waals surface area contributed by atoms with Crippen molar-refractivity contribution < 1.29 is 0 Å². The SMILES string of the molecule is CCC(C)(C)CNC1CCN(C(C)C)CC1. The Morgan fingerprint density at radius 3 is 2.25 bits per heavy atom. The second kappa shape index (κ2) is 6.02. The Balaban J connectivity index is 2.22. The summed E-state index contributed by atoms with van der Waals surface area (Å²) in [7, 11) is 0. The molecule has 0 radical (unpaired) electrons. The van der Waals surface area contributed by atoms with Crippen LogP contribution in [0.15, 0.2) is 0 Å². The first-order chi connectivity index (χ1) is 7.44. The molecule has 1 heterocycles. The van der Waals surface area contributed by atoms with Crippen LogP contribution in [0.3, 0.4) is 0 Å². The molecule has 16 heavy (non-hydrogen) atoms. The second-order valence-electron chi connectivity index (χ2n) is 6.30. The Kier molecular flexibility index (Phi) is 5.26. The number of piperidine rings is 1. The molecule has 0 aromatic rings. The molecule has 2 nitrogen and oxygen atoms in total. The van der Waals surface area contributed by atoms with Crippen LogP contribution in [0.1, 0.15) is 53.9 Å². The highest BCUT2D eigenvalue weighted by atomic mass is 15.2. The molecular formula is C14H30N2. The molecule has 0 bridgehead atoms. The Morgan fingerprint density at radius 1 is 1.25 bits per heavy atom. The van der Waals surface area contributed by atoms with Crippen molar-refractivity contribution in [1.29, 1.82) is 0 Å². The molecule has 0 unspecified atom stereocenters. The van der Waals surface area contributed by atoms with E-state index in [1.165, 1.54) is 32.4 Å². The van der Waals surface area contributed by atoms with Gasteiger partial charge in [-0.25, -0.2) is 0 Å². The van der Waals surface area contributed by atoms with Gasteiger partial charge in [0.2, 0.25) is 0 Å².